The van der Waals surface area contributed by atoms with Crippen molar-refractivity contribution in [3.63, 3.8) is 0 Å². The van der Waals surface area contributed by atoms with E-state index in [0.717, 1.165) is 6.42 Å². The number of anilines is 1. The molecule has 1 aliphatic rings. The van der Waals surface area contributed by atoms with E-state index in [-0.39, 0.29) is 11.7 Å². The van der Waals surface area contributed by atoms with Crippen molar-refractivity contribution >= 4 is 11.6 Å². The molecule has 104 valence electrons. The predicted molar refractivity (Wildman–Crippen MR) is 74.2 cm³/mol. The van der Waals surface area contributed by atoms with E-state index < -0.39 is 6.04 Å². The minimum atomic E-state index is -0.508. The lowest BCUT2D eigenvalue weighted by molar-refractivity contribution is -0.117. The molecule has 0 aromatic heterocycles. The van der Waals surface area contributed by atoms with Crippen LogP contribution in [0.2, 0.25) is 0 Å². The van der Waals surface area contributed by atoms with Crippen LogP contribution in [0.5, 0.6) is 0 Å². The van der Waals surface area contributed by atoms with E-state index in [1.807, 2.05) is 0 Å². The molecule has 3 N–H and O–H groups in total. The molecule has 2 rings (SSSR count). The van der Waals surface area contributed by atoms with Gasteiger partial charge >= 0.3 is 0 Å². The van der Waals surface area contributed by atoms with Gasteiger partial charge in [0.2, 0.25) is 5.91 Å². The quantitative estimate of drug-likeness (QED) is 0.878. The van der Waals surface area contributed by atoms with Crippen LogP contribution >= 0.6 is 0 Å². The summed E-state index contributed by atoms with van der Waals surface area (Å²) in [6.45, 7) is 0. The standard InChI is InChI=1S/C15H21FN2O/c16-12-7-4-8-13(10-12)18-15(19)14(17)9-11-5-2-1-3-6-11/h4,7-8,10-11,14H,1-3,5-6,9,17H2,(H,18,19). The molecule has 1 unspecified atom stereocenters. The fraction of sp³-hybridized carbons (Fsp3) is 0.533. The Balaban J connectivity index is 1.84. The highest BCUT2D eigenvalue weighted by Gasteiger charge is 2.21. The summed E-state index contributed by atoms with van der Waals surface area (Å²) in [5.74, 6) is -0.0307. The molecule has 1 fully saturated rings. The number of hydrogen-bond donors (Lipinski definition) is 2. The third kappa shape index (κ3) is 4.31. The van der Waals surface area contributed by atoms with E-state index in [9.17, 15) is 9.18 Å². The van der Waals surface area contributed by atoms with Gasteiger partial charge in [0.1, 0.15) is 5.82 Å². The van der Waals surface area contributed by atoms with Gasteiger partial charge in [0.25, 0.3) is 0 Å². The van der Waals surface area contributed by atoms with E-state index in [0.29, 0.717) is 11.6 Å². The molecule has 0 radical (unpaired) electrons. The number of nitrogens with two attached hydrogens (primary N) is 1. The fourth-order valence-electron chi connectivity index (χ4n) is 2.69. The molecule has 0 spiro atoms. The van der Waals surface area contributed by atoms with Gasteiger partial charge in [-0.3, -0.25) is 4.79 Å². The van der Waals surface area contributed by atoms with Crippen LogP contribution in [0.1, 0.15) is 38.5 Å². The van der Waals surface area contributed by atoms with Crippen LogP contribution in [0.15, 0.2) is 24.3 Å². The van der Waals surface area contributed by atoms with Gasteiger partial charge in [-0.15, -0.1) is 0 Å². The van der Waals surface area contributed by atoms with Gasteiger partial charge in [0.05, 0.1) is 6.04 Å². The first kappa shape index (κ1) is 14.0. The molecule has 1 aliphatic carbocycles. The Morgan fingerprint density at radius 1 is 1.37 bits per heavy atom. The first-order valence-electron chi connectivity index (χ1n) is 6.97. The van der Waals surface area contributed by atoms with Gasteiger partial charge in [-0.05, 0) is 30.5 Å². The normalized spacial score (nSPS) is 18.0. The Morgan fingerprint density at radius 3 is 2.79 bits per heavy atom. The molecular weight excluding hydrogens is 243 g/mol. The van der Waals surface area contributed by atoms with Crippen molar-refractivity contribution in [3.05, 3.63) is 30.1 Å². The Bertz CT molecular complexity index is 430. The smallest absolute Gasteiger partial charge is 0.241 e. The van der Waals surface area contributed by atoms with Crippen LogP contribution in [-0.4, -0.2) is 11.9 Å². The lowest BCUT2D eigenvalue weighted by Gasteiger charge is -2.24. The number of benzene rings is 1. The van der Waals surface area contributed by atoms with Crippen molar-refractivity contribution in [2.75, 3.05) is 5.32 Å². The summed E-state index contributed by atoms with van der Waals surface area (Å²) in [4.78, 5) is 11.9. The van der Waals surface area contributed by atoms with Crippen LogP contribution in [0, 0.1) is 11.7 Å². The second kappa shape index (κ2) is 6.66. The molecule has 0 heterocycles. The van der Waals surface area contributed by atoms with Gasteiger partial charge in [-0.1, -0.05) is 38.2 Å². The molecule has 3 nitrogen and oxygen atoms in total. The summed E-state index contributed by atoms with van der Waals surface area (Å²) in [6, 6.07) is 5.36. The lowest BCUT2D eigenvalue weighted by Crippen LogP contribution is -2.37. The number of nitrogens with one attached hydrogen (secondary N) is 1. The second-order valence-corrected chi connectivity index (χ2v) is 5.35. The zero-order chi connectivity index (χ0) is 13.7. The van der Waals surface area contributed by atoms with Crippen LogP contribution in [0.3, 0.4) is 0 Å². The van der Waals surface area contributed by atoms with Crippen molar-refractivity contribution < 1.29 is 9.18 Å². The maximum Gasteiger partial charge on any atom is 0.241 e. The van der Waals surface area contributed by atoms with E-state index >= 15 is 0 Å². The Kier molecular flexibility index (Phi) is 4.91. The molecule has 19 heavy (non-hydrogen) atoms. The second-order valence-electron chi connectivity index (χ2n) is 5.35. The average Bonchev–Trinajstić information content (AvgIpc) is 2.40. The van der Waals surface area contributed by atoms with Crippen molar-refractivity contribution in [1.29, 1.82) is 0 Å². The minimum absolute atomic E-state index is 0.226. The summed E-state index contributed by atoms with van der Waals surface area (Å²) in [5.41, 5.74) is 6.39. The molecule has 0 aliphatic heterocycles. The van der Waals surface area contributed by atoms with Crippen molar-refractivity contribution in [2.24, 2.45) is 11.7 Å². The molecule has 1 atom stereocenters. The Morgan fingerprint density at radius 2 is 2.11 bits per heavy atom. The number of amides is 1. The minimum Gasteiger partial charge on any atom is -0.325 e. The lowest BCUT2D eigenvalue weighted by atomic mass is 9.85. The molecule has 4 heteroatoms. The van der Waals surface area contributed by atoms with Gasteiger partial charge in [0, 0.05) is 5.69 Å². The molecule has 1 aromatic carbocycles. The average molecular weight is 264 g/mol. The molecule has 1 saturated carbocycles. The highest BCUT2D eigenvalue weighted by molar-refractivity contribution is 5.94. The third-order valence-electron chi connectivity index (χ3n) is 3.74. The SMILES string of the molecule is NC(CC1CCCCC1)C(=O)Nc1cccc(F)c1. The summed E-state index contributed by atoms with van der Waals surface area (Å²) in [5, 5.41) is 2.67. The number of rotatable bonds is 4. The Hall–Kier alpha value is -1.42. The predicted octanol–water partition coefficient (Wildman–Crippen LogP) is 3.06. The van der Waals surface area contributed by atoms with Gasteiger partial charge in [0.15, 0.2) is 0 Å². The van der Waals surface area contributed by atoms with E-state index in [1.54, 1.807) is 12.1 Å². The fourth-order valence-corrected chi connectivity index (χ4v) is 2.69. The van der Waals surface area contributed by atoms with Gasteiger partial charge < -0.3 is 11.1 Å². The van der Waals surface area contributed by atoms with Crippen LogP contribution in [0.4, 0.5) is 10.1 Å². The van der Waals surface area contributed by atoms with Gasteiger partial charge in [-0.25, -0.2) is 4.39 Å². The number of carbonyl (C=O) groups excluding carboxylic acids is 1. The molecule has 0 bridgehead atoms. The van der Waals surface area contributed by atoms with Crippen LogP contribution in [0.25, 0.3) is 0 Å². The van der Waals surface area contributed by atoms with Crippen molar-refractivity contribution in [2.45, 2.75) is 44.6 Å². The molecule has 1 aromatic rings. The van der Waals surface area contributed by atoms with Crippen molar-refractivity contribution in [1.82, 2.24) is 0 Å². The summed E-state index contributed by atoms with van der Waals surface area (Å²) >= 11 is 0. The molecule has 0 saturated heterocycles. The maximum absolute atomic E-state index is 13.0. The summed E-state index contributed by atoms with van der Waals surface area (Å²) in [6.07, 6.45) is 6.83. The number of halogens is 1. The zero-order valence-corrected chi connectivity index (χ0v) is 11.1. The van der Waals surface area contributed by atoms with E-state index in [4.69, 9.17) is 5.73 Å². The Labute approximate surface area is 113 Å². The highest BCUT2D eigenvalue weighted by Crippen LogP contribution is 2.27. The summed E-state index contributed by atoms with van der Waals surface area (Å²) < 4.78 is 13.0. The first-order chi connectivity index (χ1) is 9.15. The summed E-state index contributed by atoms with van der Waals surface area (Å²) in [7, 11) is 0. The largest absolute Gasteiger partial charge is 0.325 e. The number of carbonyl (C=O) groups is 1. The maximum atomic E-state index is 13.0. The molecule has 1 amide bonds. The first-order valence-corrected chi connectivity index (χ1v) is 6.97. The van der Waals surface area contributed by atoms with E-state index in [2.05, 4.69) is 5.32 Å². The van der Waals surface area contributed by atoms with E-state index in [1.165, 1.54) is 44.2 Å². The number of hydrogen-bond acceptors (Lipinski definition) is 2. The highest BCUT2D eigenvalue weighted by atomic mass is 19.1. The van der Waals surface area contributed by atoms with Crippen LogP contribution in [-0.2, 0) is 4.79 Å². The van der Waals surface area contributed by atoms with Crippen molar-refractivity contribution in [3.8, 4) is 0 Å². The monoisotopic (exact) mass is 264 g/mol. The third-order valence-corrected chi connectivity index (χ3v) is 3.74. The molecular formula is C15H21FN2O. The van der Waals surface area contributed by atoms with Gasteiger partial charge in [-0.2, -0.15) is 0 Å². The van der Waals surface area contributed by atoms with Crippen LogP contribution < -0.4 is 11.1 Å². The topological polar surface area (TPSA) is 55.1 Å². The zero-order valence-electron chi connectivity index (χ0n) is 11.1.